The molecule has 0 aliphatic heterocycles. The van der Waals surface area contributed by atoms with E-state index in [4.69, 9.17) is 0 Å². The molecule has 4 heteroatoms. The van der Waals surface area contributed by atoms with Gasteiger partial charge in [-0.25, -0.2) is 4.98 Å². The molecule has 3 rings (SSSR count). The van der Waals surface area contributed by atoms with Gasteiger partial charge in [-0.05, 0) is 36.1 Å². The Morgan fingerprint density at radius 3 is 2.42 bits per heavy atom. The van der Waals surface area contributed by atoms with Crippen LogP contribution in [0.2, 0.25) is 0 Å². The molecule has 1 aliphatic rings. The normalized spacial score (nSPS) is 14.2. The van der Waals surface area contributed by atoms with E-state index in [9.17, 15) is 9.18 Å². The predicted molar refractivity (Wildman–Crippen MR) is 70.2 cm³/mol. The third kappa shape index (κ3) is 2.47. The van der Waals surface area contributed by atoms with Crippen molar-refractivity contribution in [1.29, 1.82) is 0 Å². The molecule has 1 heterocycles. The maximum Gasteiger partial charge on any atom is 0.228 e. The molecular formula is C15H13FN2O. The molecule has 1 aromatic carbocycles. The van der Waals surface area contributed by atoms with E-state index in [1.165, 1.54) is 29.5 Å². The first-order valence-corrected chi connectivity index (χ1v) is 6.21. The van der Waals surface area contributed by atoms with E-state index in [0.29, 0.717) is 5.69 Å². The molecule has 1 aliphatic carbocycles. The van der Waals surface area contributed by atoms with Crippen LogP contribution in [-0.2, 0) is 17.6 Å². The molecule has 0 saturated carbocycles. The Hall–Kier alpha value is -2.23. The van der Waals surface area contributed by atoms with Crippen LogP contribution in [0.5, 0.6) is 0 Å². The molecule has 0 radical (unpaired) electrons. The maximum absolute atomic E-state index is 12.7. The summed E-state index contributed by atoms with van der Waals surface area (Å²) in [6.07, 6.45) is 2.85. The minimum Gasteiger partial charge on any atom is -0.324 e. The van der Waals surface area contributed by atoms with Gasteiger partial charge in [0.1, 0.15) is 0 Å². The topological polar surface area (TPSA) is 42.0 Å². The van der Waals surface area contributed by atoms with Crippen molar-refractivity contribution in [2.24, 2.45) is 5.92 Å². The van der Waals surface area contributed by atoms with Crippen molar-refractivity contribution in [3.8, 4) is 0 Å². The summed E-state index contributed by atoms with van der Waals surface area (Å²) in [7, 11) is 0. The zero-order chi connectivity index (χ0) is 13.2. The molecule has 3 nitrogen and oxygen atoms in total. The first-order valence-electron chi connectivity index (χ1n) is 6.21. The number of carbonyl (C=O) groups excluding carboxylic acids is 1. The molecule has 96 valence electrons. The lowest BCUT2D eigenvalue weighted by Gasteiger charge is -2.09. The number of aromatic nitrogens is 1. The summed E-state index contributed by atoms with van der Waals surface area (Å²) in [6.45, 7) is 0. The van der Waals surface area contributed by atoms with Crippen molar-refractivity contribution in [2.75, 3.05) is 5.32 Å². The standard InChI is InChI=1S/C15H13FN2O/c16-14-6-5-13(9-17-14)18-15(19)12-7-10-3-1-2-4-11(10)8-12/h1-6,9,12H,7-8H2,(H,18,19). The minimum atomic E-state index is -0.550. The SMILES string of the molecule is O=C(Nc1ccc(F)nc1)C1Cc2ccccc2C1. The Kier molecular flexibility index (Phi) is 2.99. The van der Waals surface area contributed by atoms with Gasteiger partial charge in [0.05, 0.1) is 11.9 Å². The summed E-state index contributed by atoms with van der Waals surface area (Å²) in [5.41, 5.74) is 3.00. The zero-order valence-corrected chi connectivity index (χ0v) is 10.3. The van der Waals surface area contributed by atoms with Gasteiger partial charge in [-0.3, -0.25) is 4.79 Å². The molecule has 2 aromatic rings. The van der Waals surface area contributed by atoms with Gasteiger partial charge in [0.15, 0.2) is 0 Å². The van der Waals surface area contributed by atoms with E-state index >= 15 is 0 Å². The highest BCUT2D eigenvalue weighted by molar-refractivity contribution is 5.93. The maximum atomic E-state index is 12.7. The number of nitrogens with zero attached hydrogens (tertiary/aromatic N) is 1. The summed E-state index contributed by atoms with van der Waals surface area (Å²) in [6, 6.07) is 10.8. The highest BCUT2D eigenvalue weighted by Gasteiger charge is 2.26. The number of hydrogen-bond acceptors (Lipinski definition) is 2. The van der Waals surface area contributed by atoms with Gasteiger partial charge in [0.25, 0.3) is 0 Å². The second-order valence-corrected chi connectivity index (χ2v) is 4.73. The van der Waals surface area contributed by atoms with E-state index in [0.717, 1.165) is 12.8 Å². The largest absolute Gasteiger partial charge is 0.324 e. The van der Waals surface area contributed by atoms with Gasteiger partial charge < -0.3 is 5.32 Å². The molecule has 0 spiro atoms. The fourth-order valence-corrected chi connectivity index (χ4v) is 2.44. The van der Waals surface area contributed by atoms with Crippen LogP contribution >= 0.6 is 0 Å². The van der Waals surface area contributed by atoms with Crippen LogP contribution in [0.25, 0.3) is 0 Å². The van der Waals surface area contributed by atoms with Crippen molar-refractivity contribution >= 4 is 11.6 Å². The van der Waals surface area contributed by atoms with Crippen molar-refractivity contribution in [3.63, 3.8) is 0 Å². The third-order valence-corrected chi connectivity index (χ3v) is 3.42. The Morgan fingerprint density at radius 1 is 1.16 bits per heavy atom. The summed E-state index contributed by atoms with van der Waals surface area (Å²) in [5.74, 6) is -0.640. The van der Waals surface area contributed by atoms with Gasteiger partial charge >= 0.3 is 0 Å². The molecular weight excluding hydrogens is 243 g/mol. The second kappa shape index (κ2) is 4.80. The van der Waals surface area contributed by atoms with Crippen LogP contribution in [0.4, 0.5) is 10.1 Å². The Bertz CT molecular complexity index is 585. The monoisotopic (exact) mass is 256 g/mol. The van der Waals surface area contributed by atoms with Crippen LogP contribution in [0.3, 0.4) is 0 Å². The van der Waals surface area contributed by atoms with Crippen molar-refractivity contribution in [1.82, 2.24) is 4.98 Å². The lowest BCUT2D eigenvalue weighted by Crippen LogP contribution is -2.23. The fraction of sp³-hybridized carbons (Fsp3) is 0.200. The summed E-state index contributed by atoms with van der Waals surface area (Å²) >= 11 is 0. The molecule has 0 unspecified atom stereocenters. The Balaban J connectivity index is 1.68. The van der Waals surface area contributed by atoms with Crippen LogP contribution < -0.4 is 5.32 Å². The van der Waals surface area contributed by atoms with Crippen molar-refractivity contribution in [2.45, 2.75) is 12.8 Å². The van der Waals surface area contributed by atoms with Gasteiger partial charge in [0, 0.05) is 5.92 Å². The highest BCUT2D eigenvalue weighted by Crippen LogP contribution is 2.27. The van der Waals surface area contributed by atoms with Crippen LogP contribution in [0.1, 0.15) is 11.1 Å². The van der Waals surface area contributed by atoms with Crippen molar-refractivity contribution in [3.05, 3.63) is 59.7 Å². The number of amides is 1. The second-order valence-electron chi connectivity index (χ2n) is 4.73. The summed E-state index contributed by atoms with van der Waals surface area (Å²) in [4.78, 5) is 15.7. The Labute approximate surface area is 110 Å². The molecule has 0 fully saturated rings. The van der Waals surface area contributed by atoms with E-state index in [-0.39, 0.29) is 11.8 Å². The first-order chi connectivity index (χ1) is 9.22. The number of rotatable bonds is 2. The number of fused-ring (bicyclic) bond motifs is 1. The van der Waals surface area contributed by atoms with E-state index in [1.807, 2.05) is 12.1 Å². The fourth-order valence-electron chi connectivity index (χ4n) is 2.44. The van der Waals surface area contributed by atoms with Crippen LogP contribution in [-0.4, -0.2) is 10.9 Å². The molecule has 1 N–H and O–H groups in total. The average molecular weight is 256 g/mol. The number of nitrogens with one attached hydrogen (secondary N) is 1. The predicted octanol–water partition coefficient (Wildman–Crippen LogP) is 2.57. The third-order valence-electron chi connectivity index (χ3n) is 3.42. The number of pyridine rings is 1. The number of benzene rings is 1. The molecule has 1 amide bonds. The average Bonchev–Trinajstić information content (AvgIpc) is 2.85. The lowest BCUT2D eigenvalue weighted by molar-refractivity contribution is -0.119. The summed E-state index contributed by atoms with van der Waals surface area (Å²) in [5, 5.41) is 2.78. The molecule has 1 aromatic heterocycles. The van der Waals surface area contributed by atoms with Crippen molar-refractivity contribution < 1.29 is 9.18 Å². The summed E-state index contributed by atoms with van der Waals surface area (Å²) < 4.78 is 12.7. The van der Waals surface area contributed by atoms with Gasteiger partial charge in [-0.1, -0.05) is 24.3 Å². The first kappa shape index (κ1) is 11.8. The van der Waals surface area contributed by atoms with Gasteiger partial charge in [-0.2, -0.15) is 4.39 Å². The van der Waals surface area contributed by atoms with E-state index < -0.39 is 5.95 Å². The highest BCUT2D eigenvalue weighted by atomic mass is 19.1. The minimum absolute atomic E-state index is 0.0374. The van der Waals surface area contributed by atoms with E-state index in [2.05, 4.69) is 22.4 Å². The molecule has 0 bridgehead atoms. The smallest absolute Gasteiger partial charge is 0.228 e. The van der Waals surface area contributed by atoms with E-state index in [1.54, 1.807) is 0 Å². The number of anilines is 1. The number of halogens is 1. The van der Waals surface area contributed by atoms with Crippen LogP contribution in [0.15, 0.2) is 42.6 Å². The number of carbonyl (C=O) groups is 1. The molecule has 0 atom stereocenters. The van der Waals surface area contributed by atoms with Gasteiger partial charge in [0.2, 0.25) is 11.9 Å². The lowest BCUT2D eigenvalue weighted by atomic mass is 10.1. The van der Waals surface area contributed by atoms with Crippen LogP contribution in [0, 0.1) is 11.9 Å². The molecule has 19 heavy (non-hydrogen) atoms. The quantitative estimate of drug-likeness (QED) is 0.839. The zero-order valence-electron chi connectivity index (χ0n) is 10.3. The molecule has 0 saturated heterocycles. The van der Waals surface area contributed by atoms with Gasteiger partial charge in [-0.15, -0.1) is 0 Å². The Morgan fingerprint density at radius 2 is 1.84 bits per heavy atom. The number of hydrogen-bond donors (Lipinski definition) is 1.